The molecule has 22 heavy (non-hydrogen) atoms. The highest BCUT2D eigenvalue weighted by Crippen LogP contribution is 2.04. The summed E-state index contributed by atoms with van der Waals surface area (Å²) in [5.41, 5.74) is 3.72. The van der Waals surface area contributed by atoms with E-state index in [1.165, 1.54) is 16.7 Å². The summed E-state index contributed by atoms with van der Waals surface area (Å²) in [6, 6.07) is 8.48. The van der Waals surface area contributed by atoms with Gasteiger partial charge < -0.3 is 10.6 Å². The number of nitrogens with one attached hydrogen (secondary N) is 2. The predicted molar refractivity (Wildman–Crippen MR) is 90.9 cm³/mol. The van der Waals surface area contributed by atoms with Crippen molar-refractivity contribution in [2.75, 3.05) is 13.1 Å². The van der Waals surface area contributed by atoms with Crippen LogP contribution >= 0.6 is 0 Å². The van der Waals surface area contributed by atoms with Gasteiger partial charge in [-0.2, -0.15) is 5.10 Å². The minimum Gasteiger partial charge on any atom is -0.357 e. The maximum absolute atomic E-state index is 4.62. The normalized spacial score (nSPS) is 11.5. The van der Waals surface area contributed by atoms with Crippen LogP contribution < -0.4 is 10.6 Å². The molecule has 0 radical (unpaired) electrons. The lowest BCUT2D eigenvalue weighted by Gasteiger charge is -2.10. The standard InChI is InChI=1S/C17H25N5/c1-4-18-17(19-10-9-16-12-21-22(3)13-16)20-11-15-7-5-14(2)6-8-15/h5-8,12-13H,4,9-11H2,1-3H3,(H2,18,19,20). The molecule has 0 bridgehead atoms. The van der Waals surface area contributed by atoms with E-state index in [4.69, 9.17) is 0 Å². The van der Waals surface area contributed by atoms with Gasteiger partial charge in [0.15, 0.2) is 5.96 Å². The van der Waals surface area contributed by atoms with E-state index in [1.807, 2.05) is 24.1 Å². The number of nitrogens with zero attached hydrogens (tertiary/aromatic N) is 3. The van der Waals surface area contributed by atoms with Crippen LogP contribution in [0, 0.1) is 6.92 Å². The molecule has 1 aromatic heterocycles. The highest BCUT2D eigenvalue weighted by molar-refractivity contribution is 5.79. The fourth-order valence-electron chi connectivity index (χ4n) is 2.13. The maximum atomic E-state index is 4.62. The van der Waals surface area contributed by atoms with E-state index < -0.39 is 0 Å². The van der Waals surface area contributed by atoms with Crippen LogP contribution in [-0.4, -0.2) is 28.8 Å². The van der Waals surface area contributed by atoms with Gasteiger partial charge in [0, 0.05) is 26.3 Å². The number of aliphatic imine (C=N–C) groups is 1. The second-order valence-corrected chi connectivity index (χ2v) is 5.38. The molecule has 0 spiro atoms. The van der Waals surface area contributed by atoms with E-state index in [0.29, 0.717) is 6.54 Å². The average Bonchev–Trinajstić information content (AvgIpc) is 2.92. The van der Waals surface area contributed by atoms with Crippen LogP contribution in [0.4, 0.5) is 0 Å². The molecule has 118 valence electrons. The topological polar surface area (TPSA) is 54.2 Å². The zero-order valence-electron chi connectivity index (χ0n) is 13.6. The number of aromatic nitrogens is 2. The van der Waals surface area contributed by atoms with Gasteiger partial charge in [-0.25, -0.2) is 4.99 Å². The zero-order valence-corrected chi connectivity index (χ0v) is 13.6. The number of hydrogen-bond acceptors (Lipinski definition) is 2. The lowest BCUT2D eigenvalue weighted by molar-refractivity contribution is 0.765. The summed E-state index contributed by atoms with van der Waals surface area (Å²) in [4.78, 5) is 4.62. The summed E-state index contributed by atoms with van der Waals surface area (Å²) in [7, 11) is 1.93. The number of hydrogen-bond donors (Lipinski definition) is 2. The summed E-state index contributed by atoms with van der Waals surface area (Å²) in [5.74, 6) is 0.854. The third-order valence-electron chi connectivity index (χ3n) is 3.35. The molecule has 2 rings (SSSR count). The van der Waals surface area contributed by atoms with Gasteiger partial charge in [0.25, 0.3) is 0 Å². The molecule has 0 aliphatic carbocycles. The Morgan fingerprint density at radius 3 is 2.59 bits per heavy atom. The van der Waals surface area contributed by atoms with Gasteiger partial charge in [-0.05, 0) is 31.4 Å². The Labute approximate surface area is 132 Å². The molecule has 0 amide bonds. The van der Waals surface area contributed by atoms with Crippen LogP contribution in [0.1, 0.15) is 23.6 Å². The van der Waals surface area contributed by atoms with Crippen molar-refractivity contribution in [1.29, 1.82) is 0 Å². The van der Waals surface area contributed by atoms with E-state index in [2.05, 4.69) is 58.8 Å². The van der Waals surface area contributed by atoms with Crippen LogP contribution in [0.5, 0.6) is 0 Å². The second kappa shape index (κ2) is 8.22. The smallest absolute Gasteiger partial charge is 0.191 e. The van der Waals surface area contributed by atoms with Crippen molar-refractivity contribution in [2.24, 2.45) is 12.0 Å². The number of benzene rings is 1. The Hall–Kier alpha value is -2.30. The molecule has 0 saturated carbocycles. The van der Waals surface area contributed by atoms with Gasteiger partial charge in [-0.1, -0.05) is 29.8 Å². The van der Waals surface area contributed by atoms with E-state index >= 15 is 0 Å². The van der Waals surface area contributed by atoms with Gasteiger partial charge in [-0.15, -0.1) is 0 Å². The Morgan fingerprint density at radius 2 is 1.95 bits per heavy atom. The van der Waals surface area contributed by atoms with Crippen LogP contribution in [0.2, 0.25) is 0 Å². The van der Waals surface area contributed by atoms with Gasteiger partial charge in [0.2, 0.25) is 0 Å². The molecule has 1 aromatic carbocycles. The van der Waals surface area contributed by atoms with E-state index in [1.54, 1.807) is 0 Å². The molecule has 0 aliphatic heterocycles. The van der Waals surface area contributed by atoms with Crippen LogP contribution in [-0.2, 0) is 20.0 Å². The molecule has 5 nitrogen and oxygen atoms in total. The fraction of sp³-hybridized carbons (Fsp3) is 0.412. The van der Waals surface area contributed by atoms with E-state index in [9.17, 15) is 0 Å². The quantitative estimate of drug-likeness (QED) is 0.634. The van der Waals surface area contributed by atoms with Crippen molar-refractivity contribution >= 4 is 5.96 Å². The molecule has 5 heteroatoms. The van der Waals surface area contributed by atoms with Crippen molar-refractivity contribution in [3.8, 4) is 0 Å². The molecule has 0 aliphatic rings. The molecule has 0 saturated heterocycles. The summed E-state index contributed by atoms with van der Waals surface area (Å²) >= 11 is 0. The molecule has 2 N–H and O–H groups in total. The van der Waals surface area contributed by atoms with Gasteiger partial charge in [-0.3, -0.25) is 4.68 Å². The Kier molecular flexibility index (Phi) is 6.01. The molecule has 0 atom stereocenters. The number of rotatable bonds is 6. The first-order chi connectivity index (χ1) is 10.7. The molecular formula is C17H25N5. The summed E-state index contributed by atoms with van der Waals surface area (Å²) < 4.78 is 1.83. The fourth-order valence-corrected chi connectivity index (χ4v) is 2.13. The van der Waals surface area contributed by atoms with Gasteiger partial charge >= 0.3 is 0 Å². The molecule has 1 heterocycles. The van der Waals surface area contributed by atoms with Crippen LogP contribution in [0.15, 0.2) is 41.7 Å². The van der Waals surface area contributed by atoms with Gasteiger partial charge in [0.05, 0.1) is 12.7 Å². The monoisotopic (exact) mass is 299 g/mol. The lowest BCUT2D eigenvalue weighted by Crippen LogP contribution is -2.38. The van der Waals surface area contributed by atoms with Crippen molar-refractivity contribution in [2.45, 2.75) is 26.8 Å². The SMILES string of the molecule is CCNC(=NCc1ccc(C)cc1)NCCc1cnn(C)c1. The van der Waals surface area contributed by atoms with Crippen molar-refractivity contribution in [1.82, 2.24) is 20.4 Å². The van der Waals surface area contributed by atoms with Crippen molar-refractivity contribution in [3.63, 3.8) is 0 Å². The Balaban J connectivity index is 1.85. The summed E-state index contributed by atoms with van der Waals surface area (Å²) in [6.45, 7) is 6.54. The largest absolute Gasteiger partial charge is 0.357 e. The third-order valence-corrected chi connectivity index (χ3v) is 3.35. The Morgan fingerprint density at radius 1 is 1.18 bits per heavy atom. The second-order valence-electron chi connectivity index (χ2n) is 5.38. The number of guanidine groups is 1. The minimum absolute atomic E-state index is 0.683. The highest BCUT2D eigenvalue weighted by Gasteiger charge is 2.00. The first-order valence-corrected chi connectivity index (χ1v) is 7.72. The Bertz CT molecular complexity index is 598. The summed E-state index contributed by atoms with van der Waals surface area (Å²) in [5, 5.41) is 10.8. The highest BCUT2D eigenvalue weighted by atomic mass is 15.2. The first kappa shape index (κ1) is 16.1. The van der Waals surface area contributed by atoms with Crippen LogP contribution in [0.25, 0.3) is 0 Å². The molecular weight excluding hydrogens is 274 g/mol. The molecule has 2 aromatic rings. The van der Waals surface area contributed by atoms with Crippen molar-refractivity contribution in [3.05, 3.63) is 53.3 Å². The van der Waals surface area contributed by atoms with Crippen molar-refractivity contribution < 1.29 is 0 Å². The maximum Gasteiger partial charge on any atom is 0.191 e. The average molecular weight is 299 g/mol. The predicted octanol–water partition coefficient (Wildman–Crippen LogP) is 2.03. The van der Waals surface area contributed by atoms with E-state index in [-0.39, 0.29) is 0 Å². The lowest BCUT2D eigenvalue weighted by atomic mass is 10.1. The first-order valence-electron chi connectivity index (χ1n) is 7.72. The van der Waals surface area contributed by atoms with Crippen LogP contribution in [0.3, 0.4) is 0 Å². The minimum atomic E-state index is 0.683. The van der Waals surface area contributed by atoms with Gasteiger partial charge in [0.1, 0.15) is 0 Å². The molecule has 0 fully saturated rings. The van der Waals surface area contributed by atoms with E-state index in [0.717, 1.165) is 25.5 Å². The zero-order chi connectivity index (χ0) is 15.8. The third kappa shape index (κ3) is 5.24. The molecule has 0 unspecified atom stereocenters. The number of aryl methyl sites for hydroxylation is 2. The summed E-state index contributed by atoms with van der Waals surface area (Å²) in [6.07, 6.45) is 4.87.